The van der Waals surface area contributed by atoms with Crippen molar-refractivity contribution in [2.45, 2.75) is 32.9 Å². The summed E-state index contributed by atoms with van der Waals surface area (Å²) < 4.78 is 9.87. The second kappa shape index (κ2) is 8.82. The van der Waals surface area contributed by atoms with E-state index >= 15 is 0 Å². The summed E-state index contributed by atoms with van der Waals surface area (Å²) in [6, 6.07) is 5.24. The number of benzene rings is 1. The number of aliphatic imine (C=N–C) groups is 1. The number of hydrogen-bond acceptors (Lipinski definition) is 4. The van der Waals surface area contributed by atoms with Crippen LogP contribution < -0.4 is 15.8 Å². The van der Waals surface area contributed by atoms with Gasteiger partial charge in [-0.1, -0.05) is 6.07 Å². The maximum Gasteiger partial charge on any atom is 0.341 e. The quantitative estimate of drug-likeness (QED) is 0.337. The van der Waals surface area contributed by atoms with Gasteiger partial charge >= 0.3 is 5.97 Å². The lowest BCUT2D eigenvalue weighted by atomic mass is 10.1. The van der Waals surface area contributed by atoms with Crippen LogP contribution in [0.1, 0.15) is 36.7 Å². The zero-order valence-corrected chi connectivity index (χ0v) is 15.9. The van der Waals surface area contributed by atoms with Crippen LogP contribution in [0.3, 0.4) is 0 Å². The first kappa shape index (κ1) is 20.5. The monoisotopic (exact) mass is 421 g/mol. The Bertz CT molecular complexity index is 539. The highest BCUT2D eigenvalue weighted by atomic mass is 127. The minimum absolute atomic E-state index is 0. The van der Waals surface area contributed by atoms with Crippen LogP contribution in [0.15, 0.2) is 23.2 Å². The third kappa shape index (κ3) is 6.50. The van der Waals surface area contributed by atoms with Crippen LogP contribution in [-0.2, 0) is 11.3 Å². The van der Waals surface area contributed by atoms with Crippen molar-refractivity contribution in [2.75, 3.05) is 14.2 Å². The second-order valence-electron chi connectivity index (χ2n) is 5.60. The highest BCUT2D eigenvalue weighted by molar-refractivity contribution is 14.0. The van der Waals surface area contributed by atoms with Crippen LogP contribution >= 0.6 is 24.0 Å². The number of carbonyl (C=O) groups excluding carboxylic acids is 1. The molecule has 0 saturated carbocycles. The molecule has 0 unspecified atom stereocenters. The number of ether oxygens (including phenoxy) is 2. The van der Waals surface area contributed by atoms with E-state index in [-0.39, 0.29) is 29.5 Å². The van der Waals surface area contributed by atoms with Crippen molar-refractivity contribution in [3.8, 4) is 5.75 Å². The van der Waals surface area contributed by atoms with Gasteiger partial charge < -0.3 is 20.5 Å². The predicted octanol–water partition coefficient (Wildman–Crippen LogP) is 2.30. The average Bonchev–Trinajstić information content (AvgIpc) is 2.42. The van der Waals surface area contributed by atoms with Gasteiger partial charge in [0.25, 0.3) is 0 Å². The van der Waals surface area contributed by atoms with Crippen molar-refractivity contribution in [3.05, 3.63) is 29.3 Å². The third-order valence-electron chi connectivity index (χ3n) is 2.60. The Hall–Kier alpha value is -1.51. The third-order valence-corrected chi connectivity index (χ3v) is 2.60. The van der Waals surface area contributed by atoms with E-state index in [4.69, 9.17) is 15.2 Å². The highest BCUT2D eigenvalue weighted by Gasteiger charge is 2.13. The van der Waals surface area contributed by atoms with Crippen LogP contribution in [0.25, 0.3) is 0 Å². The molecule has 0 heterocycles. The molecule has 6 nitrogen and oxygen atoms in total. The Morgan fingerprint density at radius 2 is 1.95 bits per heavy atom. The zero-order valence-electron chi connectivity index (χ0n) is 13.6. The Morgan fingerprint density at radius 1 is 1.32 bits per heavy atom. The lowest BCUT2D eigenvalue weighted by Crippen LogP contribution is -2.44. The van der Waals surface area contributed by atoms with E-state index in [1.54, 1.807) is 12.1 Å². The molecule has 0 aliphatic carbocycles. The fourth-order valence-electron chi connectivity index (χ4n) is 1.72. The number of guanidine groups is 1. The Morgan fingerprint density at radius 3 is 2.45 bits per heavy atom. The smallest absolute Gasteiger partial charge is 0.341 e. The maximum atomic E-state index is 11.7. The SMILES string of the molecule is COC(=O)c1cc(CN=C(N)NC(C)(C)C)ccc1OC.I. The van der Waals surface area contributed by atoms with Crippen LogP contribution in [0.2, 0.25) is 0 Å². The summed E-state index contributed by atoms with van der Waals surface area (Å²) in [7, 11) is 2.84. The molecule has 22 heavy (non-hydrogen) atoms. The Labute approximate surface area is 148 Å². The van der Waals surface area contributed by atoms with Crippen LogP contribution in [-0.4, -0.2) is 31.7 Å². The van der Waals surface area contributed by atoms with E-state index in [9.17, 15) is 4.79 Å². The Kier molecular flexibility index (Phi) is 8.21. The summed E-state index contributed by atoms with van der Waals surface area (Å²) in [6.45, 7) is 6.36. The van der Waals surface area contributed by atoms with Gasteiger partial charge in [0.05, 0.1) is 20.8 Å². The molecule has 7 heteroatoms. The molecule has 0 bridgehead atoms. The summed E-state index contributed by atoms with van der Waals surface area (Å²) in [5.41, 5.74) is 6.88. The van der Waals surface area contributed by atoms with Gasteiger partial charge in [-0.15, -0.1) is 24.0 Å². The summed E-state index contributed by atoms with van der Waals surface area (Å²) in [4.78, 5) is 15.9. The number of nitrogens with one attached hydrogen (secondary N) is 1. The maximum absolute atomic E-state index is 11.7. The number of methoxy groups -OCH3 is 2. The number of esters is 1. The van der Waals surface area contributed by atoms with Gasteiger partial charge in [-0.3, -0.25) is 0 Å². The number of nitrogens with two attached hydrogens (primary N) is 1. The average molecular weight is 421 g/mol. The molecule has 0 radical (unpaired) electrons. The van der Waals surface area contributed by atoms with Crippen molar-refractivity contribution in [3.63, 3.8) is 0 Å². The molecule has 0 saturated heterocycles. The Balaban J connectivity index is 0.00000441. The fraction of sp³-hybridized carbons (Fsp3) is 0.467. The van der Waals surface area contributed by atoms with E-state index in [0.29, 0.717) is 23.8 Å². The van der Waals surface area contributed by atoms with Crippen molar-refractivity contribution in [1.82, 2.24) is 5.32 Å². The van der Waals surface area contributed by atoms with E-state index in [0.717, 1.165) is 5.56 Å². The molecule has 0 aromatic heterocycles. The van der Waals surface area contributed by atoms with Crippen molar-refractivity contribution in [1.29, 1.82) is 0 Å². The van der Waals surface area contributed by atoms with E-state index in [1.807, 2.05) is 26.8 Å². The summed E-state index contributed by atoms with van der Waals surface area (Å²) in [6.07, 6.45) is 0. The lowest BCUT2D eigenvalue weighted by molar-refractivity contribution is 0.0597. The summed E-state index contributed by atoms with van der Waals surface area (Å²) in [5, 5.41) is 3.07. The number of nitrogens with zero attached hydrogens (tertiary/aromatic N) is 1. The van der Waals surface area contributed by atoms with Crippen LogP contribution in [0, 0.1) is 0 Å². The normalized spacial score (nSPS) is 11.4. The molecule has 0 aliphatic heterocycles. The predicted molar refractivity (Wildman–Crippen MR) is 98.0 cm³/mol. The second-order valence-corrected chi connectivity index (χ2v) is 5.60. The fourth-order valence-corrected chi connectivity index (χ4v) is 1.72. The highest BCUT2D eigenvalue weighted by Crippen LogP contribution is 2.21. The van der Waals surface area contributed by atoms with E-state index < -0.39 is 5.97 Å². The van der Waals surface area contributed by atoms with Crippen molar-refractivity contribution >= 4 is 35.9 Å². The van der Waals surface area contributed by atoms with Crippen LogP contribution in [0.4, 0.5) is 0 Å². The molecule has 0 aliphatic rings. The van der Waals surface area contributed by atoms with E-state index in [2.05, 4.69) is 10.3 Å². The zero-order chi connectivity index (χ0) is 16.0. The summed E-state index contributed by atoms with van der Waals surface area (Å²) in [5.74, 6) is 0.381. The standard InChI is InChI=1S/C15H23N3O3.HI/c1-15(2,3)18-14(16)17-9-10-6-7-12(20-4)11(8-10)13(19)21-5;/h6-8H,9H2,1-5H3,(H3,16,17,18);1H. The van der Waals surface area contributed by atoms with Gasteiger partial charge in [0.1, 0.15) is 11.3 Å². The molecular weight excluding hydrogens is 397 g/mol. The largest absolute Gasteiger partial charge is 0.496 e. The molecule has 0 fully saturated rings. The first-order chi connectivity index (χ1) is 9.76. The molecule has 3 N–H and O–H groups in total. The van der Waals surface area contributed by atoms with Gasteiger partial charge in [-0.2, -0.15) is 0 Å². The molecule has 1 aromatic carbocycles. The number of carbonyl (C=O) groups is 1. The molecule has 1 rings (SSSR count). The number of hydrogen-bond donors (Lipinski definition) is 2. The first-order valence-corrected chi connectivity index (χ1v) is 6.60. The molecule has 0 amide bonds. The number of halogens is 1. The van der Waals surface area contributed by atoms with Gasteiger partial charge in [0.15, 0.2) is 5.96 Å². The lowest BCUT2D eigenvalue weighted by Gasteiger charge is -2.21. The molecule has 1 aromatic rings. The minimum Gasteiger partial charge on any atom is -0.496 e. The van der Waals surface area contributed by atoms with Crippen molar-refractivity contribution < 1.29 is 14.3 Å². The molecular formula is C15H24IN3O3. The molecule has 0 atom stereocenters. The topological polar surface area (TPSA) is 85.9 Å². The van der Waals surface area contributed by atoms with Crippen LogP contribution in [0.5, 0.6) is 5.75 Å². The van der Waals surface area contributed by atoms with Crippen molar-refractivity contribution in [2.24, 2.45) is 10.7 Å². The van der Waals surface area contributed by atoms with Gasteiger partial charge in [0.2, 0.25) is 0 Å². The number of rotatable bonds is 4. The van der Waals surface area contributed by atoms with E-state index in [1.165, 1.54) is 14.2 Å². The minimum atomic E-state index is -0.446. The summed E-state index contributed by atoms with van der Waals surface area (Å²) >= 11 is 0. The van der Waals surface area contributed by atoms with Gasteiger partial charge in [0, 0.05) is 5.54 Å². The molecule has 0 spiro atoms. The van der Waals surface area contributed by atoms with Gasteiger partial charge in [-0.05, 0) is 38.5 Å². The molecule has 124 valence electrons. The first-order valence-electron chi connectivity index (χ1n) is 6.60. The van der Waals surface area contributed by atoms with Gasteiger partial charge in [-0.25, -0.2) is 9.79 Å².